The molecule has 11 heteroatoms. The van der Waals surface area contributed by atoms with Crippen molar-refractivity contribution in [1.29, 1.82) is 0 Å². The third kappa shape index (κ3) is 6.84. The number of nitro groups is 1. The van der Waals surface area contributed by atoms with Gasteiger partial charge in [-0.05, 0) is 48.9 Å². The zero-order valence-corrected chi connectivity index (χ0v) is 20.3. The summed E-state index contributed by atoms with van der Waals surface area (Å²) in [4.78, 5) is 22.9. The number of hydrogen-bond donors (Lipinski definition) is 1. The highest BCUT2D eigenvalue weighted by Gasteiger charge is 2.17. The Balaban J connectivity index is 1.72. The van der Waals surface area contributed by atoms with E-state index in [0.29, 0.717) is 33.7 Å². The number of non-ortho nitro benzene ring substituents is 1. The summed E-state index contributed by atoms with van der Waals surface area (Å²) in [6.45, 7) is 2.46. The molecule has 3 aromatic rings. The smallest absolute Gasteiger partial charge is 0.275 e. The van der Waals surface area contributed by atoms with Crippen LogP contribution in [0.2, 0.25) is 10.0 Å². The van der Waals surface area contributed by atoms with Crippen LogP contribution in [-0.4, -0.2) is 30.8 Å². The fraction of sp³-hybridized carbons (Fsp3) is 0.167. The number of rotatable bonds is 10. The van der Waals surface area contributed by atoms with Gasteiger partial charge in [0, 0.05) is 27.7 Å². The second-order valence-corrected chi connectivity index (χ2v) is 7.85. The Morgan fingerprint density at radius 3 is 2.51 bits per heavy atom. The monoisotopic (exact) mass is 517 g/mol. The zero-order valence-electron chi connectivity index (χ0n) is 18.8. The van der Waals surface area contributed by atoms with E-state index in [9.17, 15) is 14.9 Å². The Kier molecular flexibility index (Phi) is 8.88. The molecule has 0 saturated carbocycles. The molecule has 0 fully saturated rings. The van der Waals surface area contributed by atoms with Crippen LogP contribution in [0.3, 0.4) is 0 Å². The molecule has 0 heterocycles. The number of halogens is 2. The SMILES string of the molecule is CCOc1cc(/C=N\NC(=O)c2cc([N+](=O)[O-])ccc2OC)ccc1OCc1ccc(Cl)cc1Cl. The van der Waals surface area contributed by atoms with E-state index in [4.69, 9.17) is 37.4 Å². The summed E-state index contributed by atoms with van der Waals surface area (Å²) in [7, 11) is 1.36. The number of carbonyl (C=O) groups excluding carboxylic acids is 1. The molecule has 0 radical (unpaired) electrons. The molecular formula is C24H21Cl2N3O6. The number of nitrogens with one attached hydrogen (secondary N) is 1. The number of ether oxygens (including phenoxy) is 3. The van der Waals surface area contributed by atoms with Crippen LogP contribution in [0, 0.1) is 10.1 Å². The van der Waals surface area contributed by atoms with Crippen molar-refractivity contribution >= 4 is 41.0 Å². The molecule has 1 amide bonds. The molecule has 0 saturated heterocycles. The van der Waals surface area contributed by atoms with Crippen molar-refractivity contribution < 1.29 is 23.9 Å². The number of nitrogens with zero attached hydrogens (tertiary/aromatic N) is 2. The maximum Gasteiger partial charge on any atom is 0.275 e. The van der Waals surface area contributed by atoms with Gasteiger partial charge in [0.05, 0.1) is 30.4 Å². The van der Waals surface area contributed by atoms with Crippen molar-refractivity contribution in [3.63, 3.8) is 0 Å². The molecule has 0 aliphatic carbocycles. The maximum atomic E-state index is 12.5. The standard InChI is InChI=1S/C24H21Cl2N3O6/c1-3-34-23-10-15(4-8-22(23)35-14-16-5-6-17(25)11-20(16)26)13-27-28-24(30)19-12-18(29(31)32)7-9-21(19)33-2/h4-13H,3,14H2,1-2H3,(H,28,30)/b27-13-. The predicted octanol–water partition coefficient (Wildman–Crippen LogP) is 5.65. The number of hydrazone groups is 1. The first-order chi connectivity index (χ1) is 16.8. The fourth-order valence-electron chi connectivity index (χ4n) is 3.00. The summed E-state index contributed by atoms with van der Waals surface area (Å²) >= 11 is 12.1. The van der Waals surface area contributed by atoms with E-state index in [-0.39, 0.29) is 23.6 Å². The molecule has 3 aromatic carbocycles. The minimum Gasteiger partial charge on any atom is -0.496 e. The molecule has 0 aliphatic rings. The van der Waals surface area contributed by atoms with Gasteiger partial charge in [-0.2, -0.15) is 5.10 Å². The number of nitro benzene ring substituents is 1. The van der Waals surface area contributed by atoms with Gasteiger partial charge in [-0.3, -0.25) is 14.9 Å². The summed E-state index contributed by atoms with van der Waals surface area (Å²) in [6.07, 6.45) is 1.41. The summed E-state index contributed by atoms with van der Waals surface area (Å²) in [5.41, 5.74) is 3.48. The van der Waals surface area contributed by atoms with Crippen molar-refractivity contribution in [2.75, 3.05) is 13.7 Å². The Labute approximate surface area is 211 Å². The van der Waals surface area contributed by atoms with Gasteiger partial charge < -0.3 is 14.2 Å². The first-order valence-corrected chi connectivity index (χ1v) is 11.1. The fourth-order valence-corrected chi connectivity index (χ4v) is 3.46. The quantitative estimate of drug-likeness (QED) is 0.211. The number of benzene rings is 3. The zero-order chi connectivity index (χ0) is 25.4. The summed E-state index contributed by atoms with van der Waals surface area (Å²) < 4.78 is 16.7. The Hall–Kier alpha value is -3.82. The molecule has 0 aromatic heterocycles. The summed E-state index contributed by atoms with van der Waals surface area (Å²) in [5.74, 6) is 0.504. The summed E-state index contributed by atoms with van der Waals surface area (Å²) in [5, 5.41) is 16.0. The molecule has 0 aliphatic heterocycles. The Morgan fingerprint density at radius 2 is 1.83 bits per heavy atom. The lowest BCUT2D eigenvalue weighted by Crippen LogP contribution is -2.18. The molecule has 3 rings (SSSR count). The lowest BCUT2D eigenvalue weighted by molar-refractivity contribution is -0.384. The number of amides is 1. The van der Waals surface area contributed by atoms with Crippen LogP contribution in [0.1, 0.15) is 28.4 Å². The maximum absolute atomic E-state index is 12.5. The van der Waals surface area contributed by atoms with E-state index in [1.54, 1.807) is 36.4 Å². The number of carbonyl (C=O) groups is 1. The molecule has 0 atom stereocenters. The van der Waals surface area contributed by atoms with Crippen LogP contribution in [0.5, 0.6) is 17.2 Å². The normalized spacial score (nSPS) is 10.7. The van der Waals surface area contributed by atoms with Crippen LogP contribution in [0.15, 0.2) is 59.7 Å². The largest absolute Gasteiger partial charge is 0.496 e. The molecule has 182 valence electrons. The van der Waals surface area contributed by atoms with Gasteiger partial charge >= 0.3 is 0 Å². The van der Waals surface area contributed by atoms with E-state index < -0.39 is 10.8 Å². The minimum absolute atomic E-state index is 0.0153. The Bertz CT molecular complexity index is 1270. The molecule has 9 nitrogen and oxygen atoms in total. The average molecular weight is 518 g/mol. The lowest BCUT2D eigenvalue weighted by Gasteiger charge is -2.13. The molecular weight excluding hydrogens is 497 g/mol. The van der Waals surface area contributed by atoms with E-state index >= 15 is 0 Å². The van der Waals surface area contributed by atoms with Crippen molar-refractivity contribution in [2.24, 2.45) is 5.10 Å². The van der Waals surface area contributed by atoms with Crippen LogP contribution < -0.4 is 19.6 Å². The molecule has 0 bridgehead atoms. The van der Waals surface area contributed by atoms with E-state index in [1.807, 2.05) is 6.92 Å². The van der Waals surface area contributed by atoms with Gasteiger partial charge in [-0.15, -0.1) is 0 Å². The van der Waals surface area contributed by atoms with Gasteiger partial charge in [0.1, 0.15) is 12.4 Å². The molecule has 35 heavy (non-hydrogen) atoms. The predicted molar refractivity (Wildman–Crippen MR) is 133 cm³/mol. The van der Waals surface area contributed by atoms with Crippen LogP contribution >= 0.6 is 23.2 Å². The van der Waals surface area contributed by atoms with E-state index in [0.717, 1.165) is 11.6 Å². The van der Waals surface area contributed by atoms with Gasteiger partial charge in [0.2, 0.25) is 0 Å². The molecule has 1 N–H and O–H groups in total. The average Bonchev–Trinajstić information content (AvgIpc) is 2.84. The highest BCUT2D eigenvalue weighted by atomic mass is 35.5. The van der Waals surface area contributed by atoms with E-state index in [2.05, 4.69) is 10.5 Å². The van der Waals surface area contributed by atoms with Crippen molar-refractivity contribution in [1.82, 2.24) is 5.43 Å². The lowest BCUT2D eigenvalue weighted by atomic mass is 10.1. The topological polar surface area (TPSA) is 112 Å². The Morgan fingerprint density at radius 1 is 1.06 bits per heavy atom. The van der Waals surface area contributed by atoms with E-state index in [1.165, 1.54) is 25.5 Å². The first kappa shape index (κ1) is 25.8. The van der Waals surface area contributed by atoms with Crippen molar-refractivity contribution in [3.8, 4) is 17.2 Å². The van der Waals surface area contributed by atoms with Crippen LogP contribution in [0.4, 0.5) is 5.69 Å². The van der Waals surface area contributed by atoms with Crippen molar-refractivity contribution in [2.45, 2.75) is 13.5 Å². The van der Waals surface area contributed by atoms with Crippen LogP contribution in [0.25, 0.3) is 0 Å². The second-order valence-electron chi connectivity index (χ2n) is 7.00. The number of methoxy groups -OCH3 is 1. The first-order valence-electron chi connectivity index (χ1n) is 10.3. The highest BCUT2D eigenvalue weighted by Crippen LogP contribution is 2.30. The van der Waals surface area contributed by atoms with Gasteiger partial charge in [0.25, 0.3) is 11.6 Å². The van der Waals surface area contributed by atoms with Crippen molar-refractivity contribution in [3.05, 3.63) is 91.4 Å². The molecule has 0 unspecified atom stereocenters. The van der Waals surface area contributed by atoms with Gasteiger partial charge in [-0.25, -0.2) is 5.43 Å². The second kappa shape index (κ2) is 12.0. The molecule has 0 spiro atoms. The number of hydrogen-bond acceptors (Lipinski definition) is 7. The van der Waals surface area contributed by atoms with Crippen LogP contribution in [-0.2, 0) is 6.61 Å². The van der Waals surface area contributed by atoms with Gasteiger partial charge in [-0.1, -0.05) is 29.3 Å². The third-order valence-corrected chi connectivity index (χ3v) is 5.27. The third-order valence-electron chi connectivity index (χ3n) is 4.68. The van der Waals surface area contributed by atoms with Gasteiger partial charge in [0.15, 0.2) is 11.5 Å². The summed E-state index contributed by atoms with van der Waals surface area (Å²) in [6, 6.07) is 14.0. The highest BCUT2D eigenvalue weighted by molar-refractivity contribution is 6.35. The minimum atomic E-state index is -0.661.